The third kappa shape index (κ3) is 4.68. The molecule has 0 heterocycles. The zero-order valence-electron chi connectivity index (χ0n) is 11.0. The van der Waals surface area contributed by atoms with Gasteiger partial charge < -0.3 is 10.0 Å². The molecule has 0 saturated carbocycles. The number of rotatable bonds is 4. The summed E-state index contributed by atoms with van der Waals surface area (Å²) in [7, 11) is 1.46. The minimum absolute atomic E-state index is 0.127. The van der Waals surface area contributed by atoms with E-state index in [0.29, 0.717) is 6.42 Å². The molecule has 0 radical (unpaired) electrons. The summed E-state index contributed by atoms with van der Waals surface area (Å²) in [5, 5.41) is 8.99. The predicted octanol–water partition coefficient (Wildman–Crippen LogP) is 3.20. The van der Waals surface area contributed by atoms with Crippen molar-refractivity contribution in [2.24, 2.45) is 0 Å². The van der Waals surface area contributed by atoms with E-state index in [9.17, 15) is 18.0 Å². The quantitative estimate of drug-likeness (QED) is 0.928. The van der Waals surface area contributed by atoms with Crippen molar-refractivity contribution >= 4 is 17.5 Å². The Bertz CT molecular complexity index is 489. The molecule has 0 aliphatic heterocycles. The van der Waals surface area contributed by atoms with Crippen LogP contribution in [0.4, 0.5) is 13.2 Å². The maximum atomic E-state index is 12.6. The lowest BCUT2D eigenvalue weighted by Gasteiger charge is -2.19. The lowest BCUT2D eigenvalue weighted by atomic mass is 10.1. The number of alkyl halides is 3. The number of benzene rings is 1. The van der Waals surface area contributed by atoms with Gasteiger partial charge in [-0.25, -0.2) is 0 Å². The molecule has 0 saturated heterocycles. The minimum atomic E-state index is -4.56. The molecule has 112 valence electrons. The molecule has 3 nitrogen and oxygen atoms in total. The maximum absolute atomic E-state index is 12.6. The molecule has 1 amide bonds. The molecular formula is C13H15ClF3NO2. The molecule has 20 heavy (non-hydrogen) atoms. The van der Waals surface area contributed by atoms with Crippen molar-refractivity contribution in [1.29, 1.82) is 0 Å². The van der Waals surface area contributed by atoms with Crippen molar-refractivity contribution in [3.8, 4) is 0 Å². The molecule has 1 aromatic rings. The first-order chi connectivity index (χ1) is 9.11. The van der Waals surface area contributed by atoms with Gasteiger partial charge in [0.05, 0.1) is 11.7 Å². The first-order valence-electron chi connectivity index (χ1n) is 5.92. The monoisotopic (exact) mass is 309 g/mol. The van der Waals surface area contributed by atoms with Crippen LogP contribution >= 0.6 is 11.6 Å². The molecule has 0 spiro atoms. The highest BCUT2D eigenvalue weighted by Gasteiger charge is 2.32. The van der Waals surface area contributed by atoms with Crippen LogP contribution in [0.25, 0.3) is 0 Å². The molecule has 0 unspecified atom stereocenters. The summed E-state index contributed by atoms with van der Waals surface area (Å²) in [5.74, 6) is -0.571. The van der Waals surface area contributed by atoms with Crippen LogP contribution in [0, 0.1) is 0 Å². The number of carbonyl (C=O) groups is 1. The van der Waals surface area contributed by atoms with E-state index in [4.69, 9.17) is 16.7 Å². The van der Waals surface area contributed by atoms with Gasteiger partial charge in [-0.2, -0.15) is 13.2 Å². The van der Waals surface area contributed by atoms with Crippen molar-refractivity contribution < 1.29 is 23.1 Å². The van der Waals surface area contributed by atoms with Gasteiger partial charge in [-0.3, -0.25) is 4.79 Å². The van der Waals surface area contributed by atoms with Gasteiger partial charge in [-0.15, -0.1) is 0 Å². The van der Waals surface area contributed by atoms with E-state index >= 15 is 0 Å². The average Bonchev–Trinajstić information content (AvgIpc) is 2.33. The lowest BCUT2D eigenvalue weighted by molar-refractivity contribution is -0.137. The normalized spacial score (nSPS) is 13.2. The zero-order chi connectivity index (χ0) is 15.5. The van der Waals surface area contributed by atoms with Crippen LogP contribution in [-0.4, -0.2) is 35.6 Å². The van der Waals surface area contributed by atoms with Crippen LogP contribution in [0.15, 0.2) is 18.2 Å². The second kappa shape index (κ2) is 6.45. The van der Waals surface area contributed by atoms with Gasteiger partial charge in [0.25, 0.3) is 5.91 Å². The Kier molecular flexibility index (Phi) is 5.42. The van der Waals surface area contributed by atoms with Gasteiger partial charge in [-0.1, -0.05) is 11.6 Å². The van der Waals surface area contributed by atoms with Gasteiger partial charge in [0.2, 0.25) is 0 Å². The average molecular weight is 310 g/mol. The van der Waals surface area contributed by atoms with E-state index in [1.165, 1.54) is 18.0 Å². The summed E-state index contributed by atoms with van der Waals surface area (Å²) in [6.07, 6.45) is -4.80. The van der Waals surface area contributed by atoms with Crippen molar-refractivity contribution in [2.75, 3.05) is 13.6 Å². The summed E-state index contributed by atoms with van der Waals surface area (Å²) in [6.45, 7) is 1.81. The Labute approximate surface area is 120 Å². The third-order valence-electron chi connectivity index (χ3n) is 2.70. The predicted molar refractivity (Wildman–Crippen MR) is 69.7 cm³/mol. The van der Waals surface area contributed by atoms with Gasteiger partial charge in [0.1, 0.15) is 0 Å². The SMILES string of the molecule is C[C@@H](O)CCN(C)C(=O)c1cc(Cl)cc(C(F)(F)F)c1. The largest absolute Gasteiger partial charge is 0.416 e. The standard InChI is InChI=1S/C13H15ClF3NO2/c1-8(19)3-4-18(2)12(20)9-5-10(13(15,16)17)7-11(14)6-9/h5-8,19H,3-4H2,1-2H3/t8-/m1/s1. The van der Waals surface area contributed by atoms with Gasteiger partial charge in [-0.05, 0) is 31.5 Å². The second-order valence-electron chi connectivity index (χ2n) is 4.59. The van der Waals surface area contributed by atoms with Gasteiger partial charge >= 0.3 is 6.18 Å². The summed E-state index contributed by atoms with van der Waals surface area (Å²) in [4.78, 5) is 13.3. The Morgan fingerprint density at radius 2 is 2.00 bits per heavy atom. The van der Waals surface area contributed by atoms with Crippen LogP contribution < -0.4 is 0 Å². The third-order valence-corrected chi connectivity index (χ3v) is 2.92. The highest BCUT2D eigenvalue weighted by Crippen LogP contribution is 2.32. The maximum Gasteiger partial charge on any atom is 0.416 e. The molecule has 1 aromatic carbocycles. The number of hydrogen-bond acceptors (Lipinski definition) is 2. The number of aliphatic hydroxyl groups excluding tert-OH is 1. The molecule has 0 aliphatic carbocycles. The smallest absolute Gasteiger partial charge is 0.393 e. The van der Waals surface area contributed by atoms with E-state index in [0.717, 1.165) is 12.1 Å². The lowest BCUT2D eigenvalue weighted by Crippen LogP contribution is -2.29. The Hall–Kier alpha value is -1.27. The number of nitrogens with zero attached hydrogens (tertiary/aromatic N) is 1. The fraction of sp³-hybridized carbons (Fsp3) is 0.462. The Balaban J connectivity index is 2.96. The molecule has 1 atom stereocenters. The number of halogens is 4. The molecule has 0 aliphatic rings. The van der Waals surface area contributed by atoms with Crippen LogP contribution in [0.3, 0.4) is 0 Å². The zero-order valence-corrected chi connectivity index (χ0v) is 11.8. The first kappa shape index (κ1) is 16.8. The van der Waals surface area contributed by atoms with Gasteiger partial charge in [0, 0.05) is 24.2 Å². The number of hydrogen-bond donors (Lipinski definition) is 1. The van der Waals surface area contributed by atoms with E-state index in [2.05, 4.69) is 0 Å². The van der Waals surface area contributed by atoms with Crippen molar-refractivity contribution in [1.82, 2.24) is 4.90 Å². The molecule has 0 bridgehead atoms. The van der Waals surface area contributed by atoms with Crippen LogP contribution in [-0.2, 0) is 6.18 Å². The van der Waals surface area contributed by atoms with E-state index in [1.54, 1.807) is 6.92 Å². The van der Waals surface area contributed by atoms with Crippen molar-refractivity contribution in [2.45, 2.75) is 25.6 Å². The van der Waals surface area contributed by atoms with Crippen molar-refractivity contribution in [3.05, 3.63) is 34.3 Å². The molecule has 0 aromatic heterocycles. The number of aliphatic hydroxyl groups is 1. The van der Waals surface area contributed by atoms with Crippen LogP contribution in [0.1, 0.15) is 29.3 Å². The van der Waals surface area contributed by atoms with E-state index in [1.807, 2.05) is 0 Å². The number of carbonyl (C=O) groups excluding carboxylic acids is 1. The summed E-state index contributed by atoms with van der Waals surface area (Å²) in [5.41, 5.74) is -1.09. The second-order valence-corrected chi connectivity index (χ2v) is 5.03. The fourth-order valence-electron chi connectivity index (χ4n) is 1.58. The topological polar surface area (TPSA) is 40.5 Å². The highest BCUT2D eigenvalue weighted by atomic mass is 35.5. The molecule has 0 fully saturated rings. The van der Waals surface area contributed by atoms with Crippen LogP contribution in [0.2, 0.25) is 5.02 Å². The van der Waals surface area contributed by atoms with Crippen LogP contribution in [0.5, 0.6) is 0 Å². The summed E-state index contributed by atoms with van der Waals surface area (Å²) < 4.78 is 37.9. The van der Waals surface area contributed by atoms with E-state index < -0.39 is 23.8 Å². The fourth-order valence-corrected chi connectivity index (χ4v) is 1.81. The molecule has 1 N–H and O–H groups in total. The van der Waals surface area contributed by atoms with Gasteiger partial charge in [0.15, 0.2) is 0 Å². The van der Waals surface area contributed by atoms with E-state index in [-0.39, 0.29) is 17.1 Å². The summed E-state index contributed by atoms with van der Waals surface area (Å²) >= 11 is 5.62. The Morgan fingerprint density at radius 1 is 1.40 bits per heavy atom. The molecular weight excluding hydrogens is 295 g/mol. The minimum Gasteiger partial charge on any atom is -0.393 e. The molecule has 1 rings (SSSR count). The summed E-state index contributed by atoms with van der Waals surface area (Å²) in [6, 6.07) is 2.74. The highest BCUT2D eigenvalue weighted by molar-refractivity contribution is 6.31. The van der Waals surface area contributed by atoms with Crippen molar-refractivity contribution in [3.63, 3.8) is 0 Å². The first-order valence-corrected chi connectivity index (χ1v) is 6.30. The number of amides is 1. The Morgan fingerprint density at radius 3 is 2.50 bits per heavy atom. The molecule has 7 heteroatoms.